The average molecular weight is 274 g/mol. The van der Waals surface area contributed by atoms with Gasteiger partial charge in [0.15, 0.2) is 0 Å². The molecular formula is C15H18N2O3. The first-order valence-corrected chi connectivity index (χ1v) is 6.62. The third-order valence-corrected chi connectivity index (χ3v) is 3.46. The lowest BCUT2D eigenvalue weighted by Gasteiger charge is -2.26. The van der Waals surface area contributed by atoms with Crippen LogP contribution in [0.25, 0.3) is 0 Å². The molecule has 2 rings (SSSR count). The summed E-state index contributed by atoms with van der Waals surface area (Å²) < 4.78 is 0. The molecule has 1 heterocycles. The molecule has 5 heteroatoms. The molecule has 0 saturated carbocycles. The number of carboxylic acid groups (broad SMARTS) is 1. The summed E-state index contributed by atoms with van der Waals surface area (Å²) in [5, 5.41) is 9.05. The minimum Gasteiger partial charge on any atom is -0.478 e. The van der Waals surface area contributed by atoms with Crippen LogP contribution in [0.4, 0.5) is 10.5 Å². The van der Waals surface area contributed by atoms with Gasteiger partial charge in [0.2, 0.25) is 0 Å². The van der Waals surface area contributed by atoms with Crippen molar-refractivity contribution >= 4 is 17.7 Å². The largest absolute Gasteiger partial charge is 0.478 e. The first-order valence-electron chi connectivity index (χ1n) is 6.62. The molecule has 106 valence electrons. The molecule has 1 aromatic rings. The summed E-state index contributed by atoms with van der Waals surface area (Å²) in [5.74, 6) is -0.981. The molecule has 0 bridgehead atoms. The zero-order valence-electron chi connectivity index (χ0n) is 11.5. The molecule has 1 N–H and O–H groups in total. The van der Waals surface area contributed by atoms with Crippen molar-refractivity contribution in [1.82, 2.24) is 4.90 Å². The van der Waals surface area contributed by atoms with E-state index in [9.17, 15) is 9.59 Å². The number of hydrogen-bond donors (Lipinski definition) is 1. The smallest absolute Gasteiger partial charge is 0.335 e. The molecule has 2 amide bonds. The van der Waals surface area contributed by atoms with Crippen LogP contribution in [-0.2, 0) is 6.42 Å². The predicted octanol–water partition coefficient (Wildman–Crippen LogP) is 2.38. The molecule has 0 spiro atoms. The topological polar surface area (TPSA) is 60.9 Å². The van der Waals surface area contributed by atoms with Crippen LogP contribution in [0.3, 0.4) is 0 Å². The number of carbonyl (C=O) groups excluding carboxylic acids is 1. The first kappa shape index (κ1) is 14.1. The molecule has 1 aliphatic heterocycles. The van der Waals surface area contributed by atoms with E-state index < -0.39 is 5.97 Å². The van der Waals surface area contributed by atoms with Gasteiger partial charge in [0.05, 0.1) is 5.56 Å². The lowest BCUT2D eigenvalue weighted by Crippen LogP contribution is -2.42. The SMILES string of the molecule is C=CCN(CC)C(=O)N1CCc2ccc(C(=O)O)cc21. The van der Waals surface area contributed by atoms with Crippen molar-refractivity contribution in [2.75, 3.05) is 24.5 Å². The van der Waals surface area contributed by atoms with Gasteiger partial charge in [-0.05, 0) is 31.0 Å². The van der Waals surface area contributed by atoms with Gasteiger partial charge in [0.25, 0.3) is 0 Å². The molecule has 0 aliphatic carbocycles. The summed E-state index contributed by atoms with van der Waals surface area (Å²) in [4.78, 5) is 26.8. The van der Waals surface area contributed by atoms with Crippen molar-refractivity contribution in [3.63, 3.8) is 0 Å². The Bertz CT molecular complexity index is 554. The highest BCUT2D eigenvalue weighted by Crippen LogP contribution is 2.30. The number of likely N-dealkylation sites (N-methyl/N-ethyl adjacent to an activating group) is 1. The maximum Gasteiger partial charge on any atom is 0.335 e. The van der Waals surface area contributed by atoms with Gasteiger partial charge in [-0.2, -0.15) is 0 Å². The number of fused-ring (bicyclic) bond motifs is 1. The monoisotopic (exact) mass is 274 g/mol. The fourth-order valence-electron chi connectivity index (χ4n) is 2.38. The standard InChI is InChI=1S/C15H18N2O3/c1-3-8-16(4-2)15(20)17-9-7-11-5-6-12(14(18)19)10-13(11)17/h3,5-6,10H,1,4,7-9H2,2H3,(H,18,19). The van der Waals surface area contributed by atoms with Crippen molar-refractivity contribution in [1.29, 1.82) is 0 Å². The van der Waals surface area contributed by atoms with Crippen LogP contribution in [0, 0.1) is 0 Å². The summed E-state index contributed by atoms with van der Waals surface area (Å²) in [5.41, 5.74) is 1.92. The van der Waals surface area contributed by atoms with Crippen molar-refractivity contribution in [2.24, 2.45) is 0 Å². The fourth-order valence-corrected chi connectivity index (χ4v) is 2.38. The van der Waals surface area contributed by atoms with Gasteiger partial charge < -0.3 is 10.0 Å². The molecule has 1 aromatic carbocycles. The van der Waals surface area contributed by atoms with Gasteiger partial charge in [0.1, 0.15) is 0 Å². The molecule has 20 heavy (non-hydrogen) atoms. The number of urea groups is 1. The van der Waals surface area contributed by atoms with Crippen LogP contribution in [0.1, 0.15) is 22.8 Å². The Kier molecular flexibility index (Phi) is 4.08. The zero-order valence-corrected chi connectivity index (χ0v) is 11.5. The maximum absolute atomic E-state index is 12.5. The lowest BCUT2D eigenvalue weighted by atomic mass is 10.1. The third-order valence-electron chi connectivity index (χ3n) is 3.46. The van der Waals surface area contributed by atoms with E-state index in [4.69, 9.17) is 5.11 Å². The second-order valence-electron chi connectivity index (χ2n) is 4.66. The number of benzene rings is 1. The second kappa shape index (κ2) is 5.77. The Balaban J connectivity index is 2.30. The summed E-state index contributed by atoms with van der Waals surface area (Å²) in [7, 11) is 0. The number of anilines is 1. The average Bonchev–Trinajstić information content (AvgIpc) is 2.86. The van der Waals surface area contributed by atoms with E-state index in [0.29, 0.717) is 25.3 Å². The van der Waals surface area contributed by atoms with E-state index in [-0.39, 0.29) is 11.6 Å². The van der Waals surface area contributed by atoms with Gasteiger partial charge in [-0.25, -0.2) is 9.59 Å². The molecule has 0 saturated heterocycles. The normalized spacial score (nSPS) is 12.9. The third kappa shape index (κ3) is 2.52. The molecule has 0 fully saturated rings. The first-order chi connectivity index (χ1) is 9.58. The minimum absolute atomic E-state index is 0.103. The fraction of sp³-hybridized carbons (Fsp3) is 0.333. The number of rotatable bonds is 4. The van der Waals surface area contributed by atoms with Crippen molar-refractivity contribution in [2.45, 2.75) is 13.3 Å². The molecule has 1 aliphatic rings. The molecular weight excluding hydrogens is 256 g/mol. The van der Waals surface area contributed by atoms with E-state index in [0.717, 1.165) is 12.0 Å². The van der Waals surface area contributed by atoms with Crippen molar-refractivity contribution < 1.29 is 14.7 Å². The Morgan fingerprint density at radius 1 is 1.50 bits per heavy atom. The van der Waals surface area contributed by atoms with Crippen LogP contribution in [0.2, 0.25) is 0 Å². The number of nitrogens with zero attached hydrogens (tertiary/aromatic N) is 2. The van der Waals surface area contributed by atoms with E-state index in [1.807, 2.05) is 6.92 Å². The maximum atomic E-state index is 12.5. The molecule has 5 nitrogen and oxygen atoms in total. The number of aromatic carboxylic acids is 1. The number of hydrogen-bond acceptors (Lipinski definition) is 2. The van der Waals surface area contributed by atoms with E-state index >= 15 is 0 Å². The van der Waals surface area contributed by atoms with E-state index in [2.05, 4.69) is 6.58 Å². The highest BCUT2D eigenvalue weighted by Gasteiger charge is 2.28. The Morgan fingerprint density at radius 2 is 2.25 bits per heavy atom. The highest BCUT2D eigenvalue weighted by molar-refractivity contribution is 5.97. The molecule has 0 aromatic heterocycles. The number of amides is 2. The van der Waals surface area contributed by atoms with Crippen LogP contribution in [0.15, 0.2) is 30.9 Å². The Hall–Kier alpha value is -2.30. The van der Waals surface area contributed by atoms with Crippen molar-refractivity contribution in [3.8, 4) is 0 Å². The summed E-state index contributed by atoms with van der Waals surface area (Å²) in [6.45, 7) is 7.22. The van der Waals surface area contributed by atoms with Gasteiger partial charge in [-0.1, -0.05) is 12.1 Å². The zero-order chi connectivity index (χ0) is 14.7. The lowest BCUT2D eigenvalue weighted by molar-refractivity contribution is 0.0697. The summed E-state index contributed by atoms with van der Waals surface area (Å²) in [6.07, 6.45) is 2.44. The number of carboxylic acids is 1. The van der Waals surface area contributed by atoms with E-state index in [1.54, 1.807) is 34.1 Å². The van der Waals surface area contributed by atoms with Gasteiger partial charge in [-0.3, -0.25) is 4.90 Å². The number of carbonyl (C=O) groups is 2. The summed E-state index contributed by atoms with van der Waals surface area (Å²) >= 11 is 0. The van der Waals surface area contributed by atoms with Gasteiger partial charge in [-0.15, -0.1) is 6.58 Å². The van der Waals surface area contributed by atoms with Gasteiger partial charge in [0, 0.05) is 25.3 Å². The highest BCUT2D eigenvalue weighted by atomic mass is 16.4. The summed E-state index contributed by atoms with van der Waals surface area (Å²) in [6, 6.07) is 4.84. The van der Waals surface area contributed by atoms with Gasteiger partial charge >= 0.3 is 12.0 Å². The molecule has 0 radical (unpaired) electrons. The van der Waals surface area contributed by atoms with Crippen LogP contribution >= 0.6 is 0 Å². The minimum atomic E-state index is -0.981. The Labute approximate surface area is 118 Å². The predicted molar refractivity (Wildman–Crippen MR) is 77.3 cm³/mol. The second-order valence-corrected chi connectivity index (χ2v) is 4.66. The molecule has 0 unspecified atom stereocenters. The van der Waals surface area contributed by atoms with Crippen molar-refractivity contribution in [3.05, 3.63) is 42.0 Å². The van der Waals surface area contributed by atoms with Crippen LogP contribution < -0.4 is 4.90 Å². The van der Waals surface area contributed by atoms with E-state index in [1.165, 1.54) is 0 Å². The van der Waals surface area contributed by atoms with Crippen LogP contribution in [0.5, 0.6) is 0 Å². The quantitative estimate of drug-likeness (QED) is 0.857. The molecule has 0 atom stereocenters. The Morgan fingerprint density at radius 3 is 2.85 bits per heavy atom. The van der Waals surface area contributed by atoms with Crippen LogP contribution in [-0.4, -0.2) is 41.6 Å².